The molecule has 3 aromatic rings. The largest absolute Gasteiger partial charge is 0.338 e. The molecule has 4 rings (SSSR count). The fraction of sp³-hybridized carbons (Fsp3) is 0.421. The average Bonchev–Trinajstić information content (AvgIpc) is 3.07. The highest BCUT2D eigenvalue weighted by atomic mass is 32.1. The smallest absolute Gasteiger partial charge is 0.254 e. The van der Waals surface area contributed by atoms with E-state index < -0.39 is 0 Å². The first-order chi connectivity index (χ1) is 12.0. The molecule has 0 atom stereocenters. The number of fused-ring (bicyclic) bond motifs is 1. The number of carbonyl (C=O) groups is 1. The summed E-state index contributed by atoms with van der Waals surface area (Å²) in [5.41, 5.74) is 3.48. The molecule has 5 nitrogen and oxygen atoms in total. The summed E-state index contributed by atoms with van der Waals surface area (Å²) in [5.74, 6) is 0.0906. The molecule has 4 heterocycles. The van der Waals surface area contributed by atoms with Crippen LogP contribution in [-0.4, -0.2) is 38.7 Å². The molecule has 1 aliphatic rings. The number of thiophene rings is 1. The summed E-state index contributed by atoms with van der Waals surface area (Å²) < 4.78 is 1.90. The van der Waals surface area contributed by atoms with E-state index in [0.717, 1.165) is 47.4 Å². The van der Waals surface area contributed by atoms with Gasteiger partial charge in [-0.2, -0.15) is 5.10 Å². The van der Waals surface area contributed by atoms with Crippen LogP contribution in [0.2, 0.25) is 0 Å². The lowest BCUT2D eigenvalue weighted by Crippen LogP contribution is -2.42. The number of hydrogen-bond acceptors (Lipinski definition) is 4. The van der Waals surface area contributed by atoms with E-state index in [1.165, 1.54) is 9.75 Å². The number of likely N-dealkylation sites (tertiary alicyclic amines) is 1. The zero-order valence-corrected chi connectivity index (χ0v) is 15.9. The van der Waals surface area contributed by atoms with E-state index in [-0.39, 0.29) is 11.9 Å². The summed E-state index contributed by atoms with van der Waals surface area (Å²) in [6, 6.07) is 4.30. The monoisotopic (exact) mass is 354 g/mol. The lowest BCUT2D eigenvalue weighted by molar-refractivity contribution is 0.0654. The fourth-order valence-corrected chi connectivity index (χ4v) is 4.22. The lowest BCUT2D eigenvalue weighted by atomic mass is 10.0. The number of hydrogen-bond donors (Lipinski definition) is 0. The molecule has 1 fully saturated rings. The molecule has 1 amide bonds. The summed E-state index contributed by atoms with van der Waals surface area (Å²) in [6.07, 6.45) is 2.87. The Morgan fingerprint density at radius 1 is 1.24 bits per heavy atom. The van der Waals surface area contributed by atoms with Crippen LogP contribution in [0.4, 0.5) is 0 Å². The number of pyridine rings is 1. The summed E-state index contributed by atoms with van der Waals surface area (Å²) >= 11 is 1.76. The number of nitrogens with zero attached hydrogens (tertiary/aromatic N) is 4. The van der Waals surface area contributed by atoms with Crippen molar-refractivity contribution in [1.82, 2.24) is 19.7 Å². The van der Waals surface area contributed by atoms with Crippen LogP contribution < -0.4 is 0 Å². The number of rotatable bonds is 3. The van der Waals surface area contributed by atoms with E-state index >= 15 is 0 Å². The maximum absolute atomic E-state index is 13.0. The van der Waals surface area contributed by atoms with E-state index in [1.807, 2.05) is 15.6 Å². The molecule has 0 saturated carbocycles. The standard InChI is InChI=1S/C19H22N4OS/c1-11(2)23-18-16(10-20-23)15(19(24)22-6-5-7-22)9-17(21-18)14-8-12(3)25-13(14)4/h8-11H,5-7H2,1-4H3. The predicted octanol–water partition coefficient (Wildman–Crippen LogP) is 4.20. The second kappa shape index (κ2) is 5.95. The Kier molecular flexibility index (Phi) is 3.87. The van der Waals surface area contributed by atoms with Crippen molar-refractivity contribution in [2.75, 3.05) is 13.1 Å². The average molecular weight is 354 g/mol. The summed E-state index contributed by atoms with van der Waals surface area (Å²) in [7, 11) is 0. The van der Waals surface area contributed by atoms with E-state index in [0.29, 0.717) is 0 Å². The minimum Gasteiger partial charge on any atom is -0.338 e. The maximum Gasteiger partial charge on any atom is 0.254 e. The van der Waals surface area contributed by atoms with Crippen LogP contribution in [0.3, 0.4) is 0 Å². The van der Waals surface area contributed by atoms with Crippen LogP contribution in [-0.2, 0) is 0 Å². The lowest BCUT2D eigenvalue weighted by Gasteiger charge is -2.31. The van der Waals surface area contributed by atoms with Gasteiger partial charge in [-0.3, -0.25) is 4.79 Å². The number of aryl methyl sites for hydroxylation is 2. The van der Waals surface area contributed by atoms with Gasteiger partial charge in [0.2, 0.25) is 0 Å². The normalized spacial score (nSPS) is 14.4. The second-order valence-electron chi connectivity index (χ2n) is 6.95. The van der Waals surface area contributed by atoms with Crippen molar-refractivity contribution >= 4 is 28.3 Å². The summed E-state index contributed by atoms with van der Waals surface area (Å²) in [5, 5.41) is 5.34. The van der Waals surface area contributed by atoms with Gasteiger partial charge in [-0.05, 0) is 46.2 Å². The molecule has 0 spiro atoms. The Labute approximate surface area is 151 Å². The molecule has 0 aliphatic carbocycles. The molecule has 0 bridgehead atoms. The molecule has 6 heteroatoms. The van der Waals surface area contributed by atoms with Gasteiger partial charge in [0.25, 0.3) is 5.91 Å². The van der Waals surface area contributed by atoms with Gasteiger partial charge >= 0.3 is 0 Å². The second-order valence-corrected chi connectivity index (χ2v) is 8.41. The van der Waals surface area contributed by atoms with Gasteiger partial charge in [0, 0.05) is 34.4 Å². The quantitative estimate of drug-likeness (QED) is 0.708. The summed E-state index contributed by atoms with van der Waals surface area (Å²) in [4.78, 5) is 22.2. The Bertz CT molecular complexity index is 965. The predicted molar refractivity (Wildman–Crippen MR) is 101 cm³/mol. The molecule has 0 unspecified atom stereocenters. The Hall–Kier alpha value is -2.21. The number of carbonyl (C=O) groups excluding carboxylic acids is 1. The van der Waals surface area contributed by atoms with Crippen molar-refractivity contribution in [2.24, 2.45) is 0 Å². The minimum atomic E-state index is 0.0906. The molecule has 1 saturated heterocycles. The van der Waals surface area contributed by atoms with E-state index in [4.69, 9.17) is 4.98 Å². The highest BCUT2D eigenvalue weighted by Crippen LogP contribution is 2.33. The van der Waals surface area contributed by atoms with E-state index in [1.54, 1.807) is 17.5 Å². The van der Waals surface area contributed by atoms with Crippen LogP contribution in [0.25, 0.3) is 22.3 Å². The highest BCUT2D eigenvalue weighted by Gasteiger charge is 2.26. The van der Waals surface area contributed by atoms with Crippen molar-refractivity contribution in [2.45, 2.75) is 40.2 Å². The highest BCUT2D eigenvalue weighted by molar-refractivity contribution is 7.12. The first-order valence-electron chi connectivity index (χ1n) is 8.70. The Balaban J connectivity index is 1.95. The van der Waals surface area contributed by atoms with Gasteiger partial charge in [0.05, 0.1) is 22.8 Å². The van der Waals surface area contributed by atoms with Crippen molar-refractivity contribution in [1.29, 1.82) is 0 Å². The first kappa shape index (κ1) is 16.3. The van der Waals surface area contributed by atoms with Crippen molar-refractivity contribution in [3.8, 4) is 11.3 Å². The van der Waals surface area contributed by atoms with Crippen molar-refractivity contribution < 1.29 is 4.79 Å². The molecular weight excluding hydrogens is 332 g/mol. The van der Waals surface area contributed by atoms with Crippen molar-refractivity contribution in [3.63, 3.8) is 0 Å². The third kappa shape index (κ3) is 2.65. The molecule has 3 aromatic heterocycles. The van der Waals surface area contributed by atoms with Crippen LogP contribution in [0, 0.1) is 13.8 Å². The van der Waals surface area contributed by atoms with Gasteiger partial charge in [-0.15, -0.1) is 11.3 Å². The number of aromatic nitrogens is 3. The van der Waals surface area contributed by atoms with Crippen LogP contribution in [0.15, 0.2) is 18.3 Å². The van der Waals surface area contributed by atoms with Crippen LogP contribution in [0.5, 0.6) is 0 Å². The topological polar surface area (TPSA) is 51.0 Å². The third-order valence-corrected chi connectivity index (χ3v) is 5.71. The summed E-state index contributed by atoms with van der Waals surface area (Å²) in [6.45, 7) is 10.1. The molecule has 25 heavy (non-hydrogen) atoms. The fourth-order valence-electron chi connectivity index (χ4n) is 3.29. The minimum absolute atomic E-state index is 0.0906. The van der Waals surface area contributed by atoms with Gasteiger partial charge in [0.15, 0.2) is 5.65 Å². The molecule has 0 N–H and O–H groups in total. The molecule has 1 aliphatic heterocycles. The Morgan fingerprint density at radius 3 is 2.56 bits per heavy atom. The van der Waals surface area contributed by atoms with Gasteiger partial charge in [-0.25, -0.2) is 9.67 Å². The molecular formula is C19H22N4OS. The van der Waals surface area contributed by atoms with Crippen molar-refractivity contribution in [3.05, 3.63) is 33.6 Å². The molecule has 0 radical (unpaired) electrons. The van der Waals surface area contributed by atoms with E-state index in [2.05, 4.69) is 38.9 Å². The maximum atomic E-state index is 13.0. The third-order valence-electron chi connectivity index (χ3n) is 4.75. The van der Waals surface area contributed by atoms with Gasteiger partial charge in [-0.1, -0.05) is 0 Å². The van der Waals surface area contributed by atoms with Gasteiger partial charge < -0.3 is 4.90 Å². The number of amides is 1. The van der Waals surface area contributed by atoms with Crippen LogP contribution in [0.1, 0.15) is 46.4 Å². The first-order valence-corrected chi connectivity index (χ1v) is 9.52. The van der Waals surface area contributed by atoms with E-state index in [9.17, 15) is 4.79 Å². The zero-order chi connectivity index (χ0) is 17.7. The van der Waals surface area contributed by atoms with Gasteiger partial charge in [0.1, 0.15) is 0 Å². The molecule has 130 valence electrons. The SMILES string of the molecule is Cc1cc(-c2cc(C(=O)N3CCC3)c3cnn(C(C)C)c3n2)c(C)s1. The van der Waals surface area contributed by atoms with Crippen LogP contribution >= 0.6 is 11.3 Å². The molecule has 0 aromatic carbocycles. The zero-order valence-electron chi connectivity index (χ0n) is 15.0. The Morgan fingerprint density at radius 2 is 2.00 bits per heavy atom.